The topological polar surface area (TPSA) is 55.1 Å². The molecule has 1 heterocycles. The van der Waals surface area contributed by atoms with E-state index < -0.39 is 0 Å². The number of hydrogen-bond acceptors (Lipinski definition) is 3. The Morgan fingerprint density at radius 2 is 1.77 bits per heavy atom. The van der Waals surface area contributed by atoms with Gasteiger partial charge in [-0.15, -0.1) is 23.7 Å². The van der Waals surface area contributed by atoms with E-state index in [9.17, 15) is 4.79 Å². The van der Waals surface area contributed by atoms with Gasteiger partial charge in [-0.05, 0) is 29.2 Å². The summed E-state index contributed by atoms with van der Waals surface area (Å²) in [6, 6.07) is 11.4. The average molecular weight is 359 g/mol. The molecule has 0 radical (unpaired) electrons. The molecule has 1 aromatic heterocycles. The summed E-state index contributed by atoms with van der Waals surface area (Å²) in [5, 5.41) is 2.84. The van der Waals surface area contributed by atoms with Crippen molar-refractivity contribution in [1.82, 2.24) is 5.32 Å². The SMILES string of the molecule is CC(C)c1ccc(C(N)CNC(=O)c2ccc(Cl)s2)cc1.Cl. The van der Waals surface area contributed by atoms with E-state index in [0.29, 0.717) is 21.7 Å². The smallest absolute Gasteiger partial charge is 0.261 e. The van der Waals surface area contributed by atoms with Gasteiger partial charge in [0.2, 0.25) is 0 Å². The van der Waals surface area contributed by atoms with Crippen LogP contribution in [0.25, 0.3) is 0 Å². The zero-order chi connectivity index (χ0) is 15.4. The Labute approximate surface area is 146 Å². The van der Waals surface area contributed by atoms with E-state index in [1.807, 2.05) is 12.1 Å². The summed E-state index contributed by atoms with van der Waals surface area (Å²) >= 11 is 7.08. The van der Waals surface area contributed by atoms with Crippen LogP contribution in [0.4, 0.5) is 0 Å². The minimum absolute atomic E-state index is 0. The molecule has 0 saturated heterocycles. The first kappa shape index (κ1) is 19.0. The number of halogens is 2. The summed E-state index contributed by atoms with van der Waals surface area (Å²) in [5.41, 5.74) is 8.41. The van der Waals surface area contributed by atoms with Crippen molar-refractivity contribution in [1.29, 1.82) is 0 Å². The van der Waals surface area contributed by atoms with E-state index in [2.05, 4.69) is 31.3 Å². The van der Waals surface area contributed by atoms with Crippen molar-refractivity contribution in [3.8, 4) is 0 Å². The van der Waals surface area contributed by atoms with Crippen molar-refractivity contribution >= 4 is 41.3 Å². The summed E-state index contributed by atoms with van der Waals surface area (Å²) in [6.07, 6.45) is 0. The van der Waals surface area contributed by atoms with Crippen LogP contribution in [-0.2, 0) is 0 Å². The van der Waals surface area contributed by atoms with Gasteiger partial charge in [0.15, 0.2) is 0 Å². The van der Waals surface area contributed by atoms with E-state index in [1.165, 1.54) is 16.9 Å². The van der Waals surface area contributed by atoms with Crippen molar-refractivity contribution in [2.45, 2.75) is 25.8 Å². The highest BCUT2D eigenvalue weighted by Crippen LogP contribution is 2.21. The van der Waals surface area contributed by atoms with E-state index >= 15 is 0 Å². The summed E-state index contributed by atoms with van der Waals surface area (Å²) in [6.45, 7) is 4.71. The molecule has 6 heteroatoms. The van der Waals surface area contributed by atoms with Gasteiger partial charge in [0.1, 0.15) is 0 Å². The number of thiophene rings is 1. The van der Waals surface area contributed by atoms with Crippen molar-refractivity contribution < 1.29 is 4.79 Å². The van der Waals surface area contributed by atoms with Crippen LogP contribution >= 0.6 is 35.3 Å². The Morgan fingerprint density at radius 3 is 2.27 bits per heavy atom. The van der Waals surface area contributed by atoms with Crippen LogP contribution < -0.4 is 11.1 Å². The standard InChI is InChI=1S/C16H19ClN2OS.ClH/c1-10(2)11-3-5-12(6-4-11)13(18)9-19-16(20)14-7-8-15(17)21-14;/h3-8,10,13H,9,18H2,1-2H3,(H,19,20);1H. The van der Waals surface area contributed by atoms with Gasteiger partial charge < -0.3 is 11.1 Å². The highest BCUT2D eigenvalue weighted by Gasteiger charge is 2.12. The van der Waals surface area contributed by atoms with Gasteiger partial charge in [-0.25, -0.2) is 0 Å². The summed E-state index contributed by atoms with van der Waals surface area (Å²) in [7, 11) is 0. The molecule has 3 N–H and O–H groups in total. The second-order valence-corrected chi connectivity index (χ2v) is 6.96. The minimum Gasteiger partial charge on any atom is -0.349 e. The summed E-state index contributed by atoms with van der Waals surface area (Å²) in [5.74, 6) is 0.361. The maximum Gasteiger partial charge on any atom is 0.261 e. The number of carbonyl (C=O) groups is 1. The van der Waals surface area contributed by atoms with Crippen LogP contribution in [0, 0.1) is 0 Å². The second kappa shape index (κ2) is 8.53. The first-order valence-electron chi connectivity index (χ1n) is 6.86. The molecule has 0 spiro atoms. The van der Waals surface area contributed by atoms with Crippen LogP contribution in [0.1, 0.15) is 46.6 Å². The van der Waals surface area contributed by atoms with Gasteiger partial charge in [0.05, 0.1) is 9.21 Å². The third-order valence-electron chi connectivity index (χ3n) is 3.31. The molecule has 120 valence electrons. The van der Waals surface area contributed by atoms with Crippen molar-refractivity contribution in [2.24, 2.45) is 5.73 Å². The normalized spacial score (nSPS) is 11.9. The number of hydrogen-bond donors (Lipinski definition) is 2. The number of nitrogens with two attached hydrogens (primary N) is 1. The molecule has 2 rings (SSSR count). The fraction of sp³-hybridized carbons (Fsp3) is 0.312. The van der Waals surface area contributed by atoms with Crippen LogP contribution in [0.5, 0.6) is 0 Å². The highest BCUT2D eigenvalue weighted by molar-refractivity contribution is 7.17. The Bertz CT molecular complexity index is 611. The highest BCUT2D eigenvalue weighted by atomic mass is 35.5. The zero-order valence-corrected chi connectivity index (χ0v) is 14.9. The average Bonchev–Trinajstić information content (AvgIpc) is 2.91. The molecular weight excluding hydrogens is 339 g/mol. The molecule has 1 atom stereocenters. The van der Waals surface area contributed by atoms with E-state index in [0.717, 1.165) is 5.56 Å². The molecule has 0 aliphatic carbocycles. The third kappa shape index (κ3) is 4.99. The lowest BCUT2D eigenvalue weighted by Crippen LogP contribution is -2.31. The fourth-order valence-electron chi connectivity index (χ4n) is 1.97. The molecule has 0 saturated carbocycles. The van der Waals surface area contributed by atoms with Crippen molar-refractivity contribution in [3.63, 3.8) is 0 Å². The quantitative estimate of drug-likeness (QED) is 0.833. The van der Waals surface area contributed by atoms with Crippen LogP contribution in [0.3, 0.4) is 0 Å². The number of rotatable bonds is 5. The summed E-state index contributed by atoms with van der Waals surface area (Å²) < 4.78 is 0.605. The second-order valence-electron chi connectivity index (χ2n) is 5.24. The molecule has 0 aliphatic heterocycles. The maximum absolute atomic E-state index is 11.9. The van der Waals surface area contributed by atoms with Crippen molar-refractivity contribution in [2.75, 3.05) is 6.54 Å². The molecule has 0 aliphatic rings. The third-order valence-corrected chi connectivity index (χ3v) is 4.54. The number of carbonyl (C=O) groups excluding carboxylic acids is 1. The lowest BCUT2D eigenvalue weighted by atomic mass is 9.99. The largest absolute Gasteiger partial charge is 0.349 e. The Kier molecular flexibility index (Phi) is 7.36. The molecule has 0 bridgehead atoms. The Hall–Kier alpha value is -1.07. The molecular formula is C16H20Cl2N2OS. The monoisotopic (exact) mass is 358 g/mol. The molecule has 1 aromatic carbocycles. The summed E-state index contributed by atoms with van der Waals surface area (Å²) in [4.78, 5) is 12.5. The van der Waals surface area contributed by atoms with Gasteiger partial charge in [-0.2, -0.15) is 0 Å². The zero-order valence-electron chi connectivity index (χ0n) is 12.5. The molecule has 3 nitrogen and oxygen atoms in total. The van der Waals surface area contributed by atoms with Gasteiger partial charge in [0, 0.05) is 12.6 Å². The molecule has 1 amide bonds. The molecule has 22 heavy (non-hydrogen) atoms. The first-order valence-corrected chi connectivity index (χ1v) is 8.06. The first-order chi connectivity index (χ1) is 9.97. The lowest BCUT2D eigenvalue weighted by molar-refractivity contribution is 0.0955. The number of amides is 1. The van der Waals surface area contributed by atoms with Gasteiger partial charge in [0.25, 0.3) is 5.91 Å². The Morgan fingerprint density at radius 1 is 1.18 bits per heavy atom. The van der Waals surface area contributed by atoms with Gasteiger partial charge in [-0.3, -0.25) is 4.79 Å². The fourth-order valence-corrected chi connectivity index (χ4v) is 2.93. The molecule has 2 aromatic rings. The van der Waals surface area contributed by atoms with E-state index in [1.54, 1.807) is 12.1 Å². The van der Waals surface area contributed by atoms with Gasteiger partial charge in [-0.1, -0.05) is 49.7 Å². The van der Waals surface area contributed by atoms with E-state index in [-0.39, 0.29) is 24.4 Å². The number of benzene rings is 1. The van der Waals surface area contributed by atoms with Crippen LogP contribution in [0.2, 0.25) is 4.34 Å². The number of nitrogens with one attached hydrogen (secondary N) is 1. The predicted octanol–water partition coefficient (Wildman–Crippen LogP) is 4.38. The van der Waals surface area contributed by atoms with Gasteiger partial charge >= 0.3 is 0 Å². The van der Waals surface area contributed by atoms with Crippen molar-refractivity contribution in [3.05, 3.63) is 56.7 Å². The van der Waals surface area contributed by atoms with Crippen LogP contribution in [-0.4, -0.2) is 12.5 Å². The maximum atomic E-state index is 11.9. The van der Waals surface area contributed by atoms with Crippen LogP contribution in [0.15, 0.2) is 36.4 Å². The predicted molar refractivity (Wildman–Crippen MR) is 96.4 cm³/mol. The molecule has 0 fully saturated rings. The minimum atomic E-state index is -0.217. The Balaban J connectivity index is 0.00000242. The molecule has 1 unspecified atom stereocenters. The lowest BCUT2D eigenvalue weighted by Gasteiger charge is -2.14. The van der Waals surface area contributed by atoms with E-state index in [4.69, 9.17) is 17.3 Å².